The molecule has 3 aromatic rings. The zero-order valence-electron chi connectivity index (χ0n) is 18.6. The fourth-order valence-corrected chi connectivity index (χ4v) is 5.01. The normalized spacial score (nSPS) is 12.1. The molecule has 2 N–H and O–H groups in total. The molecular formula is C24H26N2O5S2. The van der Waals surface area contributed by atoms with Crippen molar-refractivity contribution in [3.05, 3.63) is 78.4 Å². The number of amides is 1. The Morgan fingerprint density at radius 3 is 2.27 bits per heavy atom. The van der Waals surface area contributed by atoms with Crippen LogP contribution in [0, 0.1) is 0 Å². The molecule has 7 nitrogen and oxygen atoms in total. The first-order valence-electron chi connectivity index (χ1n) is 10.1. The van der Waals surface area contributed by atoms with Gasteiger partial charge in [0.15, 0.2) is 11.5 Å². The number of thioether (sulfide) groups is 1. The first-order chi connectivity index (χ1) is 15.9. The van der Waals surface area contributed by atoms with Gasteiger partial charge in [-0.05, 0) is 42.5 Å². The molecule has 0 aliphatic heterocycles. The van der Waals surface area contributed by atoms with Gasteiger partial charge in [0.1, 0.15) is 6.04 Å². The van der Waals surface area contributed by atoms with E-state index >= 15 is 0 Å². The summed E-state index contributed by atoms with van der Waals surface area (Å²) in [5.41, 5.74) is 1.45. The van der Waals surface area contributed by atoms with Gasteiger partial charge in [0.05, 0.1) is 24.8 Å². The summed E-state index contributed by atoms with van der Waals surface area (Å²) in [6, 6.07) is 19.8. The third kappa shape index (κ3) is 6.28. The van der Waals surface area contributed by atoms with Gasteiger partial charge in [0.2, 0.25) is 15.9 Å². The van der Waals surface area contributed by atoms with E-state index < -0.39 is 22.0 Å². The highest BCUT2D eigenvalue weighted by Gasteiger charge is 2.27. The molecule has 3 rings (SSSR count). The lowest BCUT2D eigenvalue weighted by Gasteiger charge is -2.20. The minimum absolute atomic E-state index is 0.0319. The van der Waals surface area contributed by atoms with Crippen LogP contribution in [0.15, 0.2) is 82.6 Å². The Kier molecular flexibility index (Phi) is 8.37. The molecule has 9 heteroatoms. The molecule has 0 unspecified atom stereocenters. The van der Waals surface area contributed by atoms with E-state index in [0.29, 0.717) is 11.4 Å². The summed E-state index contributed by atoms with van der Waals surface area (Å²) in [6.07, 6.45) is 2.09. The van der Waals surface area contributed by atoms with Crippen LogP contribution in [-0.4, -0.2) is 40.8 Å². The molecule has 0 aliphatic carbocycles. The van der Waals surface area contributed by atoms with Crippen LogP contribution in [0.25, 0.3) is 0 Å². The van der Waals surface area contributed by atoms with Gasteiger partial charge in [-0.3, -0.25) is 4.79 Å². The van der Waals surface area contributed by atoms with Crippen molar-refractivity contribution in [3.8, 4) is 11.5 Å². The van der Waals surface area contributed by atoms with Crippen molar-refractivity contribution in [2.24, 2.45) is 0 Å². The number of nitrogens with one attached hydrogen (secondary N) is 2. The number of ether oxygens (including phenoxy) is 2. The maximum Gasteiger partial charge on any atom is 0.242 e. The van der Waals surface area contributed by atoms with Crippen LogP contribution in [0.2, 0.25) is 0 Å². The lowest BCUT2D eigenvalue weighted by molar-refractivity contribution is -0.117. The molecule has 0 bridgehead atoms. The van der Waals surface area contributed by atoms with Crippen molar-refractivity contribution in [3.63, 3.8) is 0 Å². The molecule has 33 heavy (non-hydrogen) atoms. The van der Waals surface area contributed by atoms with Crippen molar-refractivity contribution in [1.29, 1.82) is 0 Å². The summed E-state index contributed by atoms with van der Waals surface area (Å²) in [5, 5.41) is 2.87. The SMILES string of the molecule is COc1ccc(S(=O)(=O)N[C@@H](Cc2ccccc2)C(=O)Nc2ccccc2SC)cc1OC. The Morgan fingerprint density at radius 2 is 1.61 bits per heavy atom. The van der Waals surface area contributed by atoms with E-state index in [1.807, 2.05) is 54.8 Å². The highest BCUT2D eigenvalue weighted by atomic mass is 32.2. The van der Waals surface area contributed by atoms with Gasteiger partial charge in [-0.2, -0.15) is 4.72 Å². The zero-order valence-corrected chi connectivity index (χ0v) is 20.2. The minimum Gasteiger partial charge on any atom is -0.493 e. The Balaban J connectivity index is 1.91. The number of benzene rings is 3. The van der Waals surface area contributed by atoms with E-state index in [0.717, 1.165) is 10.5 Å². The van der Waals surface area contributed by atoms with Crippen LogP contribution >= 0.6 is 11.8 Å². The first-order valence-corrected chi connectivity index (χ1v) is 12.8. The lowest BCUT2D eigenvalue weighted by Crippen LogP contribution is -2.45. The van der Waals surface area contributed by atoms with E-state index in [1.54, 1.807) is 6.07 Å². The predicted octanol–water partition coefficient (Wildman–Crippen LogP) is 3.95. The molecule has 0 fully saturated rings. The number of rotatable bonds is 10. The average Bonchev–Trinajstić information content (AvgIpc) is 2.84. The molecule has 0 saturated carbocycles. The monoisotopic (exact) mass is 486 g/mol. The highest BCUT2D eigenvalue weighted by molar-refractivity contribution is 7.98. The second-order valence-corrected chi connectivity index (χ2v) is 9.63. The Labute approximate surface area is 198 Å². The van der Waals surface area contributed by atoms with Crippen molar-refractivity contribution in [2.45, 2.75) is 22.3 Å². The number of methoxy groups -OCH3 is 2. The van der Waals surface area contributed by atoms with Crippen molar-refractivity contribution in [1.82, 2.24) is 4.72 Å². The third-order valence-electron chi connectivity index (χ3n) is 4.93. The van der Waals surface area contributed by atoms with E-state index in [2.05, 4.69) is 10.0 Å². The smallest absolute Gasteiger partial charge is 0.242 e. The Bertz CT molecular complexity index is 1200. The summed E-state index contributed by atoms with van der Waals surface area (Å²) < 4.78 is 39.3. The zero-order chi connectivity index (χ0) is 23.8. The van der Waals surface area contributed by atoms with Crippen LogP contribution in [-0.2, 0) is 21.2 Å². The molecule has 0 aliphatic rings. The fraction of sp³-hybridized carbons (Fsp3) is 0.208. The van der Waals surface area contributed by atoms with Gasteiger partial charge in [-0.25, -0.2) is 8.42 Å². The van der Waals surface area contributed by atoms with Gasteiger partial charge in [-0.15, -0.1) is 11.8 Å². The maximum absolute atomic E-state index is 13.2. The molecular weight excluding hydrogens is 460 g/mol. The minimum atomic E-state index is -4.04. The van der Waals surface area contributed by atoms with Gasteiger partial charge in [0.25, 0.3) is 0 Å². The standard InChI is InChI=1S/C24H26N2O5S2/c1-30-21-14-13-18(16-22(21)31-2)33(28,29)26-20(15-17-9-5-4-6-10-17)24(27)25-19-11-7-8-12-23(19)32-3/h4-14,16,20,26H,15H2,1-3H3,(H,25,27)/t20-/m0/s1. The molecule has 0 spiro atoms. The van der Waals surface area contributed by atoms with Crippen LogP contribution < -0.4 is 19.5 Å². The molecule has 1 amide bonds. The molecule has 0 heterocycles. The number of para-hydroxylation sites is 1. The van der Waals surface area contributed by atoms with Crippen LogP contribution in [0.3, 0.4) is 0 Å². The predicted molar refractivity (Wildman–Crippen MR) is 131 cm³/mol. The van der Waals surface area contributed by atoms with Gasteiger partial charge >= 0.3 is 0 Å². The summed E-state index contributed by atoms with van der Waals surface area (Å²) in [7, 11) is -1.15. The number of carbonyl (C=O) groups is 1. The summed E-state index contributed by atoms with van der Waals surface area (Å²) in [6.45, 7) is 0. The molecule has 0 saturated heterocycles. The first kappa shape index (κ1) is 24.6. The van der Waals surface area contributed by atoms with Crippen molar-refractivity contribution in [2.75, 3.05) is 25.8 Å². The maximum atomic E-state index is 13.2. The molecule has 0 aromatic heterocycles. The Morgan fingerprint density at radius 1 is 0.939 bits per heavy atom. The van der Waals surface area contributed by atoms with Gasteiger partial charge < -0.3 is 14.8 Å². The molecule has 3 aromatic carbocycles. The van der Waals surface area contributed by atoms with Crippen LogP contribution in [0.4, 0.5) is 5.69 Å². The number of carbonyl (C=O) groups excluding carboxylic acids is 1. The quantitative estimate of drug-likeness (QED) is 0.422. The van der Waals surface area contributed by atoms with Crippen LogP contribution in [0.1, 0.15) is 5.56 Å². The molecule has 1 atom stereocenters. The topological polar surface area (TPSA) is 93.7 Å². The highest BCUT2D eigenvalue weighted by Crippen LogP contribution is 2.30. The van der Waals surface area contributed by atoms with E-state index in [-0.39, 0.29) is 17.1 Å². The average molecular weight is 487 g/mol. The molecule has 174 valence electrons. The molecule has 0 radical (unpaired) electrons. The van der Waals surface area contributed by atoms with Crippen molar-refractivity contribution >= 4 is 33.4 Å². The lowest BCUT2D eigenvalue weighted by atomic mass is 10.1. The number of sulfonamides is 1. The number of hydrogen-bond donors (Lipinski definition) is 2. The second kappa shape index (κ2) is 11.2. The fourth-order valence-electron chi connectivity index (χ4n) is 3.24. The second-order valence-electron chi connectivity index (χ2n) is 7.07. The third-order valence-corrected chi connectivity index (χ3v) is 7.19. The van der Waals surface area contributed by atoms with Crippen LogP contribution in [0.5, 0.6) is 11.5 Å². The van der Waals surface area contributed by atoms with E-state index in [4.69, 9.17) is 9.47 Å². The number of anilines is 1. The summed E-state index contributed by atoms with van der Waals surface area (Å²) in [5.74, 6) is 0.228. The van der Waals surface area contributed by atoms with Gasteiger partial charge in [0, 0.05) is 11.0 Å². The summed E-state index contributed by atoms with van der Waals surface area (Å²) >= 11 is 1.49. The summed E-state index contributed by atoms with van der Waals surface area (Å²) in [4.78, 5) is 14.1. The van der Waals surface area contributed by atoms with E-state index in [9.17, 15) is 13.2 Å². The van der Waals surface area contributed by atoms with Crippen molar-refractivity contribution < 1.29 is 22.7 Å². The largest absolute Gasteiger partial charge is 0.493 e. The van der Waals surface area contributed by atoms with E-state index in [1.165, 1.54) is 44.2 Å². The number of hydrogen-bond acceptors (Lipinski definition) is 6. The van der Waals surface area contributed by atoms with Gasteiger partial charge in [-0.1, -0.05) is 42.5 Å². The Hall–Kier alpha value is -3.01.